The van der Waals surface area contributed by atoms with Crippen molar-refractivity contribution >= 4 is 16.9 Å². The lowest BCUT2D eigenvalue weighted by atomic mass is 10.0. The molecule has 0 radical (unpaired) electrons. The van der Waals surface area contributed by atoms with Gasteiger partial charge in [0.1, 0.15) is 0 Å². The highest BCUT2D eigenvalue weighted by molar-refractivity contribution is 5.87. The average molecular weight is 231 g/mol. The lowest BCUT2D eigenvalue weighted by Crippen LogP contribution is -2.22. The molecule has 0 fully saturated rings. The van der Waals surface area contributed by atoms with Crippen molar-refractivity contribution in [2.75, 3.05) is 0 Å². The first-order valence-electron chi connectivity index (χ1n) is 5.31. The number of rotatable bonds is 2. The van der Waals surface area contributed by atoms with Gasteiger partial charge in [-0.25, -0.2) is 0 Å². The minimum atomic E-state index is -0.925. The van der Waals surface area contributed by atoms with Crippen molar-refractivity contribution in [3.63, 3.8) is 0 Å². The molecule has 0 aliphatic carbocycles. The number of aliphatic carboxylic acids is 1. The summed E-state index contributed by atoms with van der Waals surface area (Å²) in [6.07, 6.45) is -0.123. The molecule has 1 N–H and O–H groups in total. The van der Waals surface area contributed by atoms with E-state index in [1.165, 1.54) is 0 Å². The third-order valence-corrected chi connectivity index (χ3v) is 3.00. The maximum Gasteiger partial charge on any atom is 0.307 e. The van der Waals surface area contributed by atoms with Crippen molar-refractivity contribution < 1.29 is 9.90 Å². The molecule has 1 aromatic carbocycles. The fraction of sp³-hybridized carbons (Fsp3) is 0.231. The van der Waals surface area contributed by atoms with Crippen LogP contribution in [0, 0.1) is 6.92 Å². The third kappa shape index (κ3) is 1.82. The Bertz CT molecular complexity index is 655. The minimum absolute atomic E-state index is 0.123. The van der Waals surface area contributed by atoms with Gasteiger partial charge in [-0.05, 0) is 18.6 Å². The van der Waals surface area contributed by atoms with Gasteiger partial charge in [0.05, 0.1) is 11.9 Å². The number of hydrogen-bond acceptors (Lipinski definition) is 2. The van der Waals surface area contributed by atoms with E-state index in [-0.39, 0.29) is 12.0 Å². The summed E-state index contributed by atoms with van der Waals surface area (Å²) in [6.45, 7) is 1.67. The SMILES string of the molecule is Cc1c(CC(=O)O)c2ccccc2n(C)c1=O. The Hall–Kier alpha value is -2.10. The molecule has 4 nitrogen and oxygen atoms in total. The quantitative estimate of drug-likeness (QED) is 0.851. The lowest BCUT2D eigenvalue weighted by molar-refractivity contribution is -0.136. The Morgan fingerprint density at radius 2 is 2.00 bits per heavy atom. The largest absolute Gasteiger partial charge is 0.481 e. The summed E-state index contributed by atoms with van der Waals surface area (Å²) in [4.78, 5) is 22.8. The number of pyridine rings is 1. The zero-order valence-corrected chi connectivity index (χ0v) is 9.73. The van der Waals surface area contributed by atoms with E-state index >= 15 is 0 Å². The minimum Gasteiger partial charge on any atom is -0.481 e. The third-order valence-electron chi connectivity index (χ3n) is 3.00. The van der Waals surface area contributed by atoms with E-state index in [9.17, 15) is 9.59 Å². The van der Waals surface area contributed by atoms with E-state index in [4.69, 9.17) is 5.11 Å². The number of carboxylic acids is 1. The first-order chi connectivity index (χ1) is 8.02. The smallest absolute Gasteiger partial charge is 0.307 e. The molecular weight excluding hydrogens is 218 g/mol. The lowest BCUT2D eigenvalue weighted by Gasteiger charge is -2.11. The molecule has 1 heterocycles. The number of fused-ring (bicyclic) bond motifs is 1. The predicted octanol–water partition coefficient (Wildman–Crippen LogP) is 1.47. The van der Waals surface area contributed by atoms with E-state index in [1.807, 2.05) is 24.3 Å². The van der Waals surface area contributed by atoms with Crippen LogP contribution in [0.1, 0.15) is 11.1 Å². The second kappa shape index (κ2) is 4.05. The predicted molar refractivity (Wildman–Crippen MR) is 65.3 cm³/mol. The zero-order valence-electron chi connectivity index (χ0n) is 9.73. The van der Waals surface area contributed by atoms with Crippen LogP contribution in [0.5, 0.6) is 0 Å². The van der Waals surface area contributed by atoms with Crippen LogP contribution in [-0.2, 0) is 18.3 Å². The molecule has 0 saturated heterocycles. The molecule has 0 amide bonds. The molecular formula is C13H13NO3. The van der Waals surface area contributed by atoms with Gasteiger partial charge in [-0.2, -0.15) is 0 Å². The highest BCUT2D eigenvalue weighted by atomic mass is 16.4. The summed E-state index contributed by atoms with van der Waals surface area (Å²) >= 11 is 0. The van der Waals surface area contributed by atoms with Crippen LogP contribution in [0.4, 0.5) is 0 Å². The number of nitrogens with zero attached hydrogens (tertiary/aromatic N) is 1. The molecule has 0 atom stereocenters. The van der Waals surface area contributed by atoms with Gasteiger partial charge in [-0.15, -0.1) is 0 Å². The van der Waals surface area contributed by atoms with Gasteiger partial charge >= 0.3 is 5.97 Å². The first kappa shape index (κ1) is 11.4. The number of para-hydroxylation sites is 1. The molecule has 2 rings (SSSR count). The van der Waals surface area contributed by atoms with E-state index in [2.05, 4.69) is 0 Å². The number of benzene rings is 1. The molecule has 0 spiro atoms. The van der Waals surface area contributed by atoms with Gasteiger partial charge in [0.25, 0.3) is 5.56 Å². The van der Waals surface area contributed by atoms with E-state index < -0.39 is 5.97 Å². The normalized spacial score (nSPS) is 10.7. The van der Waals surface area contributed by atoms with Crippen LogP contribution < -0.4 is 5.56 Å². The zero-order chi connectivity index (χ0) is 12.6. The maximum absolute atomic E-state index is 12.0. The topological polar surface area (TPSA) is 59.3 Å². The van der Waals surface area contributed by atoms with E-state index in [0.717, 1.165) is 10.9 Å². The van der Waals surface area contributed by atoms with Gasteiger partial charge in [0.2, 0.25) is 0 Å². The van der Waals surface area contributed by atoms with Gasteiger partial charge in [-0.1, -0.05) is 18.2 Å². The number of aryl methyl sites for hydroxylation is 1. The first-order valence-corrected chi connectivity index (χ1v) is 5.31. The number of carbonyl (C=O) groups is 1. The summed E-state index contributed by atoms with van der Waals surface area (Å²) in [5.41, 5.74) is 1.74. The van der Waals surface area contributed by atoms with Crippen molar-refractivity contribution in [3.05, 3.63) is 45.7 Å². The number of aromatic nitrogens is 1. The second-order valence-electron chi connectivity index (χ2n) is 4.06. The molecule has 0 saturated carbocycles. The summed E-state index contributed by atoms with van der Waals surface area (Å²) in [5.74, 6) is -0.925. The molecule has 17 heavy (non-hydrogen) atoms. The molecule has 0 bridgehead atoms. The molecule has 4 heteroatoms. The van der Waals surface area contributed by atoms with Crippen LogP contribution in [-0.4, -0.2) is 15.6 Å². The Labute approximate surface area is 98.1 Å². The molecule has 2 aromatic rings. The summed E-state index contributed by atoms with van der Waals surface area (Å²) in [7, 11) is 1.70. The maximum atomic E-state index is 12.0. The van der Waals surface area contributed by atoms with Crippen LogP contribution in [0.2, 0.25) is 0 Å². The molecule has 0 unspecified atom stereocenters. The highest BCUT2D eigenvalue weighted by Gasteiger charge is 2.13. The molecule has 88 valence electrons. The van der Waals surface area contributed by atoms with Crippen molar-refractivity contribution in [2.24, 2.45) is 7.05 Å². The van der Waals surface area contributed by atoms with Gasteiger partial charge in [-0.3, -0.25) is 9.59 Å². The standard InChI is InChI=1S/C13H13NO3/c1-8-10(7-12(15)16)9-5-3-4-6-11(9)14(2)13(8)17/h3-6H,7H2,1-2H3,(H,15,16). The number of hydrogen-bond donors (Lipinski definition) is 1. The fourth-order valence-electron chi connectivity index (χ4n) is 2.09. The summed E-state index contributed by atoms with van der Waals surface area (Å²) in [6, 6.07) is 7.35. The van der Waals surface area contributed by atoms with Crippen LogP contribution in [0.3, 0.4) is 0 Å². The number of carboxylic acid groups (broad SMARTS) is 1. The van der Waals surface area contributed by atoms with Gasteiger partial charge in [0.15, 0.2) is 0 Å². The van der Waals surface area contributed by atoms with Gasteiger partial charge in [0, 0.05) is 18.0 Å². The van der Waals surface area contributed by atoms with Crippen molar-refractivity contribution in [1.82, 2.24) is 4.57 Å². The van der Waals surface area contributed by atoms with Crippen LogP contribution in [0.15, 0.2) is 29.1 Å². The molecule has 0 aliphatic heterocycles. The molecule has 0 aliphatic rings. The van der Waals surface area contributed by atoms with Crippen LogP contribution >= 0.6 is 0 Å². The van der Waals surface area contributed by atoms with Crippen LogP contribution in [0.25, 0.3) is 10.9 Å². The fourth-order valence-corrected chi connectivity index (χ4v) is 2.09. The van der Waals surface area contributed by atoms with Crippen molar-refractivity contribution in [1.29, 1.82) is 0 Å². The monoisotopic (exact) mass is 231 g/mol. The van der Waals surface area contributed by atoms with Crippen molar-refractivity contribution in [2.45, 2.75) is 13.3 Å². The molecule has 1 aromatic heterocycles. The Morgan fingerprint density at radius 3 is 2.65 bits per heavy atom. The second-order valence-corrected chi connectivity index (χ2v) is 4.06. The van der Waals surface area contributed by atoms with Gasteiger partial charge < -0.3 is 9.67 Å². The summed E-state index contributed by atoms with van der Waals surface area (Å²) in [5, 5.41) is 9.73. The Morgan fingerprint density at radius 1 is 1.35 bits per heavy atom. The summed E-state index contributed by atoms with van der Waals surface area (Å²) < 4.78 is 1.55. The Balaban J connectivity index is 2.90. The van der Waals surface area contributed by atoms with E-state index in [0.29, 0.717) is 11.1 Å². The van der Waals surface area contributed by atoms with E-state index in [1.54, 1.807) is 18.5 Å². The Kier molecular flexibility index (Phi) is 2.71. The van der Waals surface area contributed by atoms with Crippen molar-refractivity contribution in [3.8, 4) is 0 Å². The highest BCUT2D eigenvalue weighted by Crippen LogP contribution is 2.19. The average Bonchev–Trinajstić information content (AvgIpc) is 2.31.